The number of rotatable bonds is 3. The third-order valence-electron chi connectivity index (χ3n) is 4.24. The third-order valence-corrected chi connectivity index (χ3v) is 5.29. The van der Waals surface area contributed by atoms with Gasteiger partial charge in [0.05, 0.1) is 10.0 Å². The number of hydrogen-bond acceptors (Lipinski definition) is 4. The molecule has 2 heterocycles. The Kier molecular flexibility index (Phi) is 5.71. The highest BCUT2D eigenvalue weighted by molar-refractivity contribution is 6.43. The van der Waals surface area contributed by atoms with Crippen molar-refractivity contribution in [2.75, 3.05) is 5.01 Å². The summed E-state index contributed by atoms with van der Waals surface area (Å²) in [7, 11) is 0. The average Bonchev–Trinajstić information content (AvgIpc) is 3.30. The van der Waals surface area contributed by atoms with Crippen LogP contribution in [-0.2, 0) is 4.79 Å². The monoisotopic (exact) mass is 481 g/mol. The van der Waals surface area contributed by atoms with Gasteiger partial charge in [0.25, 0.3) is 11.8 Å². The van der Waals surface area contributed by atoms with Crippen LogP contribution in [0.5, 0.6) is 0 Å². The van der Waals surface area contributed by atoms with E-state index in [9.17, 15) is 9.59 Å². The number of halogens is 4. The van der Waals surface area contributed by atoms with Crippen LogP contribution >= 0.6 is 46.4 Å². The van der Waals surface area contributed by atoms with Gasteiger partial charge in [0.2, 0.25) is 0 Å². The standard InChI is InChI=1S/C19H11Cl4N5O2/c20-11-4-2-10(3-5-11)18(29)25-17-16(27-7-1-6-24-27)19(30)28(26-17)15-13(22)8-12(21)9-14(15)23/h1-9,16H,(H,25,26,29). The van der Waals surface area contributed by atoms with Crippen molar-refractivity contribution in [1.82, 2.24) is 15.1 Å². The summed E-state index contributed by atoms with van der Waals surface area (Å²) in [5.41, 5.74) is 0.496. The molecule has 2 amide bonds. The van der Waals surface area contributed by atoms with E-state index in [-0.39, 0.29) is 21.6 Å². The Morgan fingerprint density at radius 3 is 2.27 bits per heavy atom. The number of carbonyl (C=O) groups excluding carboxylic acids is 2. The fourth-order valence-electron chi connectivity index (χ4n) is 2.90. The first kappa shape index (κ1) is 20.7. The van der Waals surface area contributed by atoms with E-state index in [2.05, 4.69) is 15.5 Å². The Balaban J connectivity index is 1.73. The number of carbonyl (C=O) groups is 2. The maximum absolute atomic E-state index is 13.2. The molecule has 11 heteroatoms. The molecule has 1 unspecified atom stereocenters. The van der Waals surface area contributed by atoms with Crippen LogP contribution < -0.4 is 10.3 Å². The number of aromatic nitrogens is 2. The Morgan fingerprint density at radius 2 is 1.67 bits per heavy atom. The number of amidine groups is 1. The molecule has 1 aliphatic rings. The number of benzene rings is 2. The highest BCUT2D eigenvalue weighted by Crippen LogP contribution is 2.39. The van der Waals surface area contributed by atoms with Crippen molar-refractivity contribution >= 4 is 69.7 Å². The topological polar surface area (TPSA) is 79.6 Å². The lowest BCUT2D eigenvalue weighted by molar-refractivity contribution is -0.119. The zero-order chi connectivity index (χ0) is 21.4. The lowest BCUT2D eigenvalue weighted by atomic mass is 10.2. The third kappa shape index (κ3) is 3.89. The zero-order valence-electron chi connectivity index (χ0n) is 14.9. The molecule has 1 aliphatic heterocycles. The van der Waals surface area contributed by atoms with Crippen molar-refractivity contribution in [2.45, 2.75) is 6.04 Å². The van der Waals surface area contributed by atoms with Gasteiger partial charge in [-0.1, -0.05) is 46.4 Å². The second kappa shape index (κ2) is 8.28. The van der Waals surface area contributed by atoms with Crippen LogP contribution in [0.15, 0.2) is 60.0 Å². The molecule has 4 rings (SSSR count). The maximum atomic E-state index is 13.2. The summed E-state index contributed by atoms with van der Waals surface area (Å²) in [4.78, 5) is 25.9. The number of anilines is 1. The van der Waals surface area contributed by atoms with Crippen LogP contribution in [-0.4, -0.2) is 27.4 Å². The minimum Gasteiger partial charge on any atom is -0.306 e. The first-order valence-electron chi connectivity index (χ1n) is 8.48. The number of hydrazone groups is 1. The van der Waals surface area contributed by atoms with Crippen molar-refractivity contribution < 1.29 is 9.59 Å². The summed E-state index contributed by atoms with van der Waals surface area (Å²) in [6.45, 7) is 0. The lowest BCUT2D eigenvalue weighted by Crippen LogP contribution is -2.38. The Bertz CT molecular complexity index is 1140. The Morgan fingerprint density at radius 1 is 1.00 bits per heavy atom. The lowest BCUT2D eigenvalue weighted by Gasteiger charge is -2.17. The molecular weight excluding hydrogens is 472 g/mol. The fraction of sp³-hybridized carbons (Fsp3) is 0.0526. The first-order valence-corrected chi connectivity index (χ1v) is 9.99. The number of hydrogen-bond donors (Lipinski definition) is 1. The van der Waals surface area contributed by atoms with Crippen LogP contribution in [0.25, 0.3) is 0 Å². The van der Waals surface area contributed by atoms with Gasteiger partial charge in [0.15, 0.2) is 11.9 Å². The van der Waals surface area contributed by atoms with E-state index in [0.29, 0.717) is 15.6 Å². The van der Waals surface area contributed by atoms with Gasteiger partial charge in [0, 0.05) is 28.0 Å². The van der Waals surface area contributed by atoms with Crippen molar-refractivity contribution in [3.8, 4) is 0 Å². The van der Waals surface area contributed by atoms with E-state index in [1.165, 1.54) is 23.0 Å². The quantitative estimate of drug-likeness (QED) is 0.580. The number of amides is 2. The van der Waals surface area contributed by atoms with E-state index < -0.39 is 17.9 Å². The number of nitrogens with one attached hydrogen (secondary N) is 1. The molecular formula is C19H11Cl4N5O2. The molecule has 1 N–H and O–H groups in total. The largest absolute Gasteiger partial charge is 0.306 e. The molecule has 152 valence electrons. The van der Waals surface area contributed by atoms with E-state index in [4.69, 9.17) is 46.4 Å². The Hall–Kier alpha value is -2.58. The molecule has 7 nitrogen and oxygen atoms in total. The molecule has 0 bridgehead atoms. The van der Waals surface area contributed by atoms with Gasteiger partial charge in [-0.3, -0.25) is 14.3 Å². The molecule has 2 aromatic carbocycles. The van der Waals surface area contributed by atoms with Gasteiger partial charge in [-0.05, 0) is 42.5 Å². The molecule has 3 aromatic rings. The van der Waals surface area contributed by atoms with Gasteiger partial charge in [-0.15, -0.1) is 5.10 Å². The SMILES string of the molecule is O=C(NC1=NN(c2c(Cl)cc(Cl)cc2Cl)C(=O)C1n1cccn1)c1ccc(Cl)cc1. The summed E-state index contributed by atoms with van der Waals surface area (Å²) < 4.78 is 1.38. The summed E-state index contributed by atoms with van der Waals surface area (Å²) in [5.74, 6) is -0.910. The Labute approximate surface area is 190 Å². The van der Waals surface area contributed by atoms with Gasteiger partial charge < -0.3 is 5.32 Å². The fourth-order valence-corrected chi connectivity index (χ4v) is 4.00. The normalized spacial score (nSPS) is 16.0. The van der Waals surface area contributed by atoms with Gasteiger partial charge in [-0.2, -0.15) is 10.1 Å². The number of nitrogens with zero attached hydrogens (tertiary/aromatic N) is 4. The van der Waals surface area contributed by atoms with Gasteiger partial charge >= 0.3 is 0 Å². The molecule has 0 saturated heterocycles. The molecule has 0 saturated carbocycles. The van der Waals surface area contributed by atoms with Crippen molar-refractivity contribution in [2.24, 2.45) is 5.10 Å². The summed E-state index contributed by atoms with van der Waals surface area (Å²) >= 11 is 24.4. The van der Waals surface area contributed by atoms with Crippen LogP contribution in [0.1, 0.15) is 16.4 Å². The highest BCUT2D eigenvalue weighted by atomic mass is 35.5. The molecule has 1 aromatic heterocycles. The summed E-state index contributed by atoms with van der Waals surface area (Å²) in [6, 6.07) is 9.81. The van der Waals surface area contributed by atoms with Crippen LogP contribution in [0.2, 0.25) is 20.1 Å². The predicted molar refractivity (Wildman–Crippen MR) is 117 cm³/mol. The van der Waals surface area contributed by atoms with Gasteiger partial charge in [-0.25, -0.2) is 0 Å². The van der Waals surface area contributed by atoms with Crippen LogP contribution in [0, 0.1) is 0 Å². The average molecular weight is 483 g/mol. The van der Waals surface area contributed by atoms with E-state index in [1.54, 1.807) is 36.5 Å². The minimum absolute atomic E-state index is 0.0609. The second-order valence-corrected chi connectivity index (χ2v) is 7.89. The summed E-state index contributed by atoms with van der Waals surface area (Å²) in [6.07, 6.45) is 3.10. The van der Waals surface area contributed by atoms with Crippen LogP contribution in [0.4, 0.5) is 5.69 Å². The molecule has 0 fully saturated rings. The maximum Gasteiger partial charge on any atom is 0.280 e. The molecule has 0 spiro atoms. The van der Waals surface area contributed by atoms with E-state index >= 15 is 0 Å². The second-order valence-electron chi connectivity index (χ2n) is 6.20. The molecule has 1 atom stereocenters. The van der Waals surface area contributed by atoms with Crippen LogP contribution in [0.3, 0.4) is 0 Å². The molecule has 30 heavy (non-hydrogen) atoms. The highest BCUT2D eigenvalue weighted by Gasteiger charge is 2.41. The molecule has 0 aliphatic carbocycles. The van der Waals surface area contributed by atoms with Crippen molar-refractivity contribution in [3.05, 3.63) is 80.5 Å². The predicted octanol–water partition coefficient (Wildman–Crippen LogP) is 4.83. The van der Waals surface area contributed by atoms with E-state index in [0.717, 1.165) is 5.01 Å². The zero-order valence-corrected chi connectivity index (χ0v) is 17.9. The van der Waals surface area contributed by atoms with Crippen molar-refractivity contribution in [3.63, 3.8) is 0 Å². The van der Waals surface area contributed by atoms with E-state index in [1.807, 2.05) is 0 Å². The van der Waals surface area contributed by atoms with Crippen molar-refractivity contribution in [1.29, 1.82) is 0 Å². The molecule has 0 radical (unpaired) electrons. The minimum atomic E-state index is -1.01. The van der Waals surface area contributed by atoms with Gasteiger partial charge in [0.1, 0.15) is 5.69 Å². The summed E-state index contributed by atoms with van der Waals surface area (Å²) in [5, 5.41) is 13.2. The smallest absolute Gasteiger partial charge is 0.280 e. The first-order chi connectivity index (χ1) is 14.3.